The van der Waals surface area contributed by atoms with E-state index in [1.807, 2.05) is 0 Å². The lowest BCUT2D eigenvalue weighted by Gasteiger charge is -2.13. The molecule has 2 aromatic rings. The zero-order chi connectivity index (χ0) is 17.3. The molecule has 126 valence electrons. The second-order valence-corrected chi connectivity index (χ2v) is 5.65. The predicted molar refractivity (Wildman–Crippen MR) is 90.1 cm³/mol. The van der Waals surface area contributed by atoms with Gasteiger partial charge in [-0.05, 0) is 12.1 Å². The molecule has 8 heteroatoms. The highest BCUT2D eigenvalue weighted by atomic mass is 35.5. The Hall–Kier alpha value is -2.31. The maximum atomic E-state index is 12.5. The van der Waals surface area contributed by atoms with Gasteiger partial charge in [0.2, 0.25) is 6.79 Å². The largest absolute Gasteiger partial charge is 0.495 e. The van der Waals surface area contributed by atoms with Crippen LogP contribution in [0.1, 0.15) is 10.4 Å². The molecule has 1 heterocycles. The minimum absolute atomic E-state index is 0.0718. The van der Waals surface area contributed by atoms with E-state index in [1.54, 1.807) is 18.2 Å². The van der Waals surface area contributed by atoms with Gasteiger partial charge < -0.3 is 24.3 Å². The number of rotatable bonds is 4. The Kier molecular flexibility index (Phi) is 4.59. The van der Waals surface area contributed by atoms with Crippen LogP contribution in [0, 0.1) is 0 Å². The van der Waals surface area contributed by atoms with Crippen molar-refractivity contribution >= 4 is 34.8 Å². The van der Waals surface area contributed by atoms with Crippen LogP contribution in [0.4, 0.5) is 5.69 Å². The number of hydrogen-bond acceptors (Lipinski definition) is 5. The summed E-state index contributed by atoms with van der Waals surface area (Å²) < 4.78 is 20.9. The molecular formula is C16H13Cl2NO5. The summed E-state index contributed by atoms with van der Waals surface area (Å²) in [6, 6.07) is 6.20. The van der Waals surface area contributed by atoms with E-state index in [1.165, 1.54) is 20.3 Å². The van der Waals surface area contributed by atoms with Gasteiger partial charge in [0, 0.05) is 17.7 Å². The molecule has 0 bridgehead atoms. The summed E-state index contributed by atoms with van der Waals surface area (Å²) in [5.74, 6) is 1.28. The highest BCUT2D eigenvalue weighted by Crippen LogP contribution is 2.40. The minimum Gasteiger partial charge on any atom is -0.495 e. The van der Waals surface area contributed by atoms with Crippen LogP contribution in [-0.2, 0) is 0 Å². The highest BCUT2D eigenvalue weighted by Gasteiger charge is 2.21. The van der Waals surface area contributed by atoms with Gasteiger partial charge in [-0.1, -0.05) is 23.2 Å². The van der Waals surface area contributed by atoms with E-state index in [0.717, 1.165) is 0 Å². The summed E-state index contributed by atoms with van der Waals surface area (Å²) in [4.78, 5) is 12.5. The van der Waals surface area contributed by atoms with Crippen molar-refractivity contribution in [2.45, 2.75) is 0 Å². The number of carbonyl (C=O) groups is 1. The Bertz CT molecular complexity index is 810. The van der Waals surface area contributed by atoms with Crippen LogP contribution in [0.2, 0.25) is 10.0 Å². The molecule has 0 fully saturated rings. The first-order valence-electron chi connectivity index (χ1n) is 6.85. The second-order valence-electron chi connectivity index (χ2n) is 4.83. The third-order valence-corrected chi connectivity index (χ3v) is 3.99. The molecular weight excluding hydrogens is 357 g/mol. The van der Waals surface area contributed by atoms with Gasteiger partial charge in [0.05, 0.1) is 30.0 Å². The van der Waals surface area contributed by atoms with Gasteiger partial charge in [-0.15, -0.1) is 0 Å². The standard InChI is InChI=1S/C16H13Cl2NO5/c1-21-12-6-11(13(22-2)5-9(12)17)19-16(20)8-3-10(18)15-14(4-8)23-7-24-15/h3-6H,7H2,1-2H3,(H,19,20). The highest BCUT2D eigenvalue weighted by molar-refractivity contribution is 6.33. The van der Waals surface area contributed by atoms with Crippen LogP contribution in [0.5, 0.6) is 23.0 Å². The van der Waals surface area contributed by atoms with Crippen molar-refractivity contribution in [3.05, 3.63) is 39.9 Å². The van der Waals surface area contributed by atoms with E-state index in [2.05, 4.69) is 5.32 Å². The van der Waals surface area contributed by atoms with Gasteiger partial charge >= 0.3 is 0 Å². The number of fused-ring (bicyclic) bond motifs is 1. The maximum Gasteiger partial charge on any atom is 0.255 e. The first-order chi connectivity index (χ1) is 11.5. The molecule has 1 amide bonds. The Balaban J connectivity index is 1.91. The first kappa shape index (κ1) is 16.5. The molecule has 0 aliphatic carbocycles. The van der Waals surface area contributed by atoms with Crippen LogP contribution in [0.3, 0.4) is 0 Å². The predicted octanol–water partition coefficient (Wildman–Crippen LogP) is 3.99. The second kappa shape index (κ2) is 6.67. The number of benzene rings is 2. The van der Waals surface area contributed by atoms with Gasteiger partial charge in [-0.2, -0.15) is 0 Å². The summed E-state index contributed by atoms with van der Waals surface area (Å²) in [6.07, 6.45) is 0. The molecule has 0 saturated carbocycles. The van der Waals surface area contributed by atoms with E-state index >= 15 is 0 Å². The number of anilines is 1. The Labute approximate surface area is 148 Å². The molecule has 3 rings (SSSR count). The van der Waals surface area contributed by atoms with E-state index < -0.39 is 5.91 Å². The fraction of sp³-hybridized carbons (Fsp3) is 0.188. The molecule has 1 aliphatic heterocycles. The van der Waals surface area contributed by atoms with Crippen molar-refractivity contribution in [1.82, 2.24) is 0 Å². The fourth-order valence-electron chi connectivity index (χ4n) is 2.25. The Morgan fingerprint density at radius 1 is 1.04 bits per heavy atom. The van der Waals surface area contributed by atoms with Gasteiger partial charge in [0.25, 0.3) is 5.91 Å². The lowest BCUT2D eigenvalue weighted by atomic mass is 10.1. The van der Waals surface area contributed by atoms with E-state index in [9.17, 15) is 4.79 Å². The maximum absolute atomic E-state index is 12.5. The Morgan fingerprint density at radius 3 is 2.50 bits per heavy atom. The SMILES string of the molecule is COc1cc(NC(=O)c2cc(Cl)c3c(c2)OCO3)c(OC)cc1Cl. The average Bonchev–Trinajstić information content (AvgIpc) is 3.05. The van der Waals surface area contributed by atoms with Gasteiger partial charge in [-0.3, -0.25) is 4.79 Å². The summed E-state index contributed by atoms with van der Waals surface area (Å²) >= 11 is 12.2. The molecule has 6 nitrogen and oxygen atoms in total. The molecule has 0 radical (unpaired) electrons. The van der Waals surface area contributed by atoms with Crippen molar-refractivity contribution in [3.63, 3.8) is 0 Å². The Morgan fingerprint density at radius 2 is 1.79 bits per heavy atom. The fourth-order valence-corrected chi connectivity index (χ4v) is 2.75. The van der Waals surface area contributed by atoms with E-state index in [-0.39, 0.29) is 6.79 Å². The van der Waals surface area contributed by atoms with Crippen LogP contribution < -0.4 is 24.3 Å². The number of halogens is 2. The number of ether oxygens (including phenoxy) is 4. The summed E-state index contributed by atoms with van der Waals surface area (Å²) in [5, 5.41) is 3.42. The van der Waals surface area contributed by atoms with Crippen molar-refractivity contribution in [2.24, 2.45) is 0 Å². The monoisotopic (exact) mass is 369 g/mol. The molecule has 0 atom stereocenters. The minimum atomic E-state index is -0.391. The van der Waals surface area contributed by atoms with Gasteiger partial charge in [0.15, 0.2) is 11.5 Å². The van der Waals surface area contributed by atoms with Crippen molar-refractivity contribution in [1.29, 1.82) is 0 Å². The molecule has 0 unspecified atom stereocenters. The molecule has 0 aromatic heterocycles. The normalized spacial score (nSPS) is 12.0. The van der Waals surface area contributed by atoms with E-state index in [4.69, 9.17) is 42.1 Å². The third kappa shape index (κ3) is 3.02. The zero-order valence-electron chi connectivity index (χ0n) is 12.8. The lowest BCUT2D eigenvalue weighted by Crippen LogP contribution is -2.13. The molecule has 0 spiro atoms. The smallest absolute Gasteiger partial charge is 0.255 e. The van der Waals surface area contributed by atoms with Crippen LogP contribution in [-0.4, -0.2) is 26.9 Å². The number of methoxy groups -OCH3 is 2. The van der Waals surface area contributed by atoms with Crippen LogP contribution >= 0.6 is 23.2 Å². The van der Waals surface area contributed by atoms with Crippen molar-refractivity contribution in [3.8, 4) is 23.0 Å². The molecule has 24 heavy (non-hydrogen) atoms. The van der Waals surface area contributed by atoms with Crippen molar-refractivity contribution in [2.75, 3.05) is 26.3 Å². The number of hydrogen-bond donors (Lipinski definition) is 1. The molecule has 2 aromatic carbocycles. The lowest BCUT2D eigenvalue weighted by molar-refractivity contribution is 0.102. The van der Waals surface area contributed by atoms with Crippen LogP contribution in [0.15, 0.2) is 24.3 Å². The quantitative estimate of drug-likeness (QED) is 0.882. The summed E-state index contributed by atoms with van der Waals surface area (Å²) in [6.45, 7) is 0.0718. The number of nitrogens with one attached hydrogen (secondary N) is 1. The topological polar surface area (TPSA) is 66.0 Å². The average molecular weight is 370 g/mol. The van der Waals surface area contributed by atoms with Crippen LogP contribution in [0.25, 0.3) is 0 Å². The van der Waals surface area contributed by atoms with Gasteiger partial charge in [0.1, 0.15) is 11.5 Å². The first-order valence-corrected chi connectivity index (χ1v) is 7.61. The molecule has 1 N–H and O–H groups in total. The summed E-state index contributed by atoms with van der Waals surface area (Å²) in [7, 11) is 2.96. The number of carbonyl (C=O) groups excluding carboxylic acids is 1. The van der Waals surface area contributed by atoms with Gasteiger partial charge in [-0.25, -0.2) is 0 Å². The van der Waals surface area contributed by atoms with Crippen molar-refractivity contribution < 1.29 is 23.7 Å². The van der Waals surface area contributed by atoms with E-state index in [0.29, 0.717) is 44.3 Å². The molecule has 1 aliphatic rings. The summed E-state index contributed by atoms with van der Waals surface area (Å²) in [5.41, 5.74) is 0.734. The zero-order valence-corrected chi connectivity index (χ0v) is 14.3. The molecule has 0 saturated heterocycles. The number of amides is 1. The third-order valence-electron chi connectivity index (χ3n) is 3.41.